The fourth-order valence-electron chi connectivity index (χ4n) is 1.68. The van der Waals surface area contributed by atoms with Gasteiger partial charge >= 0.3 is 0 Å². The van der Waals surface area contributed by atoms with Crippen LogP contribution in [-0.4, -0.2) is 33.9 Å². The first-order chi connectivity index (χ1) is 8.17. The van der Waals surface area contributed by atoms with E-state index in [9.17, 15) is 0 Å². The molecule has 1 aromatic rings. The van der Waals surface area contributed by atoms with Gasteiger partial charge in [0.2, 0.25) is 0 Å². The summed E-state index contributed by atoms with van der Waals surface area (Å²) in [5, 5.41) is 8.38. The normalized spacial score (nSPS) is 14.8. The SMILES string of the molecule is CCC(C)SCC(CCc1ccnn1C)NC. The Morgan fingerprint density at radius 3 is 2.82 bits per heavy atom. The molecule has 0 spiro atoms. The largest absolute Gasteiger partial charge is 0.316 e. The van der Waals surface area contributed by atoms with Gasteiger partial charge in [0.15, 0.2) is 0 Å². The fraction of sp³-hybridized carbons (Fsp3) is 0.769. The van der Waals surface area contributed by atoms with Crippen LogP contribution in [0.1, 0.15) is 32.4 Å². The van der Waals surface area contributed by atoms with Crippen LogP contribution < -0.4 is 5.32 Å². The molecule has 17 heavy (non-hydrogen) atoms. The third-order valence-corrected chi connectivity index (χ3v) is 4.73. The number of thioether (sulfide) groups is 1. The Morgan fingerprint density at radius 1 is 1.53 bits per heavy atom. The van der Waals surface area contributed by atoms with Gasteiger partial charge in [0.05, 0.1) is 0 Å². The highest BCUT2D eigenvalue weighted by molar-refractivity contribution is 7.99. The molecule has 2 atom stereocenters. The fourth-order valence-corrected chi connectivity index (χ4v) is 2.81. The van der Waals surface area contributed by atoms with Crippen molar-refractivity contribution >= 4 is 11.8 Å². The first-order valence-electron chi connectivity index (χ1n) is 6.43. The van der Waals surface area contributed by atoms with Gasteiger partial charge in [-0.05, 0) is 32.4 Å². The summed E-state index contributed by atoms with van der Waals surface area (Å²) >= 11 is 2.07. The lowest BCUT2D eigenvalue weighted by molar-refractivity contribution is 0.556. The second-order valence-corrected chi connectivity index (χ2v) is 5.99. The smallest absolute Gasteiger partial charge is 0.0492 e. The van der Waals surface area contributed by atoms with Gasteiger partial charge in [-0.3, -0.25) is 4.68 Å². The van der Waals surface area contributed by atoms with Crippen molar-refractivity contribution in [1.82, 2.24) is 15.1 Å². The van der Waals surface area contributed by atoms with Gasteiger partial charge < -0.3 is 5.32 Å². The van der Waals surface area contributed by atoms with E-state index in [-0.39, 0.29) is 0 Å². The van der Waals surface area contributed by atoms with Crippen molar-refractivity contribution < 1.29 is 0 Å². The molecule has 0 radical (unpaired) electrons. The molecule has 0 aliphatic rings. The average molecular weight is 255 g/mol. The van der Waals surface area contributed by atoms with Crippen molar-refractivity contribution in [3.63, 3.8) is 0 Å². The molecule has 2 unspecified atom stereocenters. The van der Waals surface area contributed by atoms with E-state index in [2.05, 4.69) is 49.1 Å². The van der Waals surface area contributed by atoms with E-state index in [1.54, 1.807) is 0 Å². The molecule has 1 heterocycles. The second kappa shape index (κ2) is 7.77. The highest BCUT2D eigenvalue weighted by Crippen LogP contribution is 2.16. The van der Waals surface area contributed by atoms with Gasteiger partial charge in [0.1, 0.15) is 0 Å². The van der Waals surface area contributed by atoms with Gasteiger partial charge in [-0.2, -0.15) is 16.9 Å². The molecule has 0 amide bonds. The second-order valence-electron chi connectivity index (χ2n) is 4.52. The zero-order valence-corrected chi connectivity index (χ0v) is 12.3. The molecule has 0 bridgehead atoms. The van der Waals surface area contributed by atoms with Crippen LogP contribution in [-0.2, 0) is 13.5 Å². The van der Waals surface area contributed by atoms with E-state index in [0.717, 1.165) is 11.7 Å². The van der Waals surface area contributed by atoms with E-state index < -0.39 is 0 Å². The molecule has 0 fully saturated rings. The minimum Gasteiger partial charge on any atom is -0.316 e. The van der Waals surface area contributed by atoms with Gasteiger partial charge in [0, 0.05) is 36.0 Å². The van der Waals surface area contributed by atoms with Crippen LogP contribution in [0.25, 0.3) is 0 Å². The maximum absolute atomic E-state index is 4.20. The third-order valence-electron chi connectivity index (χ3n) is 3.24. The minimum absolute atomic E-state index is 0.601. The number of aryl methyl sites for hydroxylation is 2. The van der Waals surface area contributed by atoms with E-state index in [4.69, 9.17) is 0 Å². The Hall–Kier alpha value is -0.480. The molecule has 1 aromatic heterocycles. The average Bonchev–Trinajstić information content (AvgIpc) is 2.75. The Bertz CT molecular complexity index is 311. The van der Waals surface area contributed by atoms with Crippen LogP contribution in [0.2, 0.25) is 0 Å². The zero-order chi connectivity index (χ0) is 12.7. The molecule has 0 saturated carbocycles. The van der Waals surface area contributed by atoms with Crippen molar-refractivity contribution in [2.45, 2.75) is 44.4 Å². The predicted octanol–water partition coefficient (Wildman–Crippen LogP) is 2.47. The van der Waals surface area contributed by atoms with Crippen LogP contribution in [0.4, 0.5) is 0 Å². The number of hydrogen-bond donors (Lipinski definition) is 1. The monoisotopic (exact) mass is 255 g/mol. The van der Waals surface area contributed by atoms with Crippen LogP contribution in [0, 0.1) is 0 Å². The summed E-state index contributed by atoms with van der Waals surface area (Å²) in [6.45, 7) is 4.56. The molecule has 0 saturated heterocycles. The van der Waals surface area contributed by atoms with Gasteiger partial charge in [-0.25, -0.2) is 0 Å². The minimum atomic E-state index is 0.601. The van der Waals surface area contributed by atoms with Crippen LogP contribution >= 0.6 is 11.8 Å². The van der Waals surface area contributed by atoms with Crippen molar-refractivity contribution in [1.29, 1.82) is 0 Å². The number of aromatic nitrogens is 2. The number of rotatable bonds is 8. The molecule has 98 valence electrons. The van der Waals surface area contributed by atoms with E-state index >= 15 is 0 Å². The number of nitrogens with one attached hydrogen (secondary N) is 1. The first-order valence-corrected chi connectivity index (χ1v) is 7.48. The van der Waals surface area contributed by atoms with E-state index in [1.165, 1.54) is 24.3 Å². The molecule has 4 heteroatoms. The maximum atomic E-state index is 4.20. The number of hydrogen-bond acceptors (Lipinski definition) is 3. The summed E-state index contributed by atoms with van der Waals surface area (Å²) in [5.74, 6) is 1.20. The molecule has 0 aromatic carbocycles. The topological polar surface area (TPSA) is 29.9 Å². The summed E-state index contributed by atoms with van der Waals surface area (Å²) in [6.07, 6.45) is 5.41. The van der Waals surface area contributed by atoms with Gasteiger partial charge in [0.25, 0.3) is 0 Å². The van der Waals surface area contributed by atoms with Crippen LogP contribution in [0.3, 0.4) is 0 Å². The summed E-state index contributed by atoms with van der Waals surface area (Å²) in [4.78, 5) is 0. The van der Waals surface area contributed by atoms with Crippen molar-refractivity contribution in [2.24, 2.45) is 7.05 Å². The molecule has 0 aliphatic carbocycles. The molecule has 3 nitrogen and oxygen atoms in total. The van der Waals surface area contributed by atoms with Crippen molar-refractivity contribution in [3.8, 4) is 0 Å². The first kappa shape index (κ1) is 14.6. The Balaban J connectivity index is 2.30. The highest BCUT2D eigenvalue weighted by Gasteiger charge is 2.10. The number of nitrogens with zero attached hydrogens (tertiary/aromatic N) is 2. The van der Waals surface area contributed by atoms with Crippen molar-refractivity contribution in [2.75, 3.05) is 12.8 Å². The zero-order valence-electron chi connectivity index (χ0n) is 11.4. The maximum Gasteiger partial charge on any atom is 0.0492 e. The Kier molecular flexibility index (Phi) is 6.66. The molecular formula is C13H25N3S. The summed E-state index contributed by atoms with van der Waals surface area (Å²) in [6, 6.07) is 2.71. The summed E-state index contributed by atoms with van der Waals surface area (Å²) < 4.78 is 1.97. The molecular weight excluding hydrogens is 230 g/mol. The summed E-state index contributed by atoms with van der Waals surface area (Å²) in [7, 11) is 4.07. The van der Waals surface area contributed by atoms with Gasteiger partial charge in [-0.1, -0.05) is 13.8 Å². The van der Waals surface area contributed by atoms with Crippen LogP contribution in [0.5, 0.6) is 0 Å². The highest BCUT2D eigenvalue weighted by atomic mass is 32.2. The van der Waals surface area contributed by atoms with Crippen LogP contribution in [0.15, 0.2) is 12.3 Å². The lowest BCUT2D eigenvalue weighted by atomic mass is 10.1. The Morgan fingerprint density at radius 2 is 2.29 bits per heavy atom. The summed E-state index contributed by atoms with van der Waals surface area (Å²) in [5.41, 5.74) is 1.32. The quantitative estimate of drug-likeness (QED) is 0.774. The van der Waals surface area contributed by atoms with Crippen molar-refractivity contribution in [3.05, 3.63) is 18.0 Å². The molecule has 1 N–H and O–H groups in total. The Labute approximate surface area is 109 Å². The van der Waals surface area contributed by atoms with Gasteiger partial charge in [-0.15, -0.1) is 0 Å². The predicted molar refractivity (Wildman–Crippen MR) is 76.6 cm³/mol. The third kappa shape index (κ3) is 5.13. The lowest BCUT2D eigenvalue weighted by Gasteiger charge is -2.18. The lowest BCUT2D eigenvalue weighted by Crippen LogP contribution is -2.29. The van der Waals surface area contributed by atoms with E-state index in [1.807, 2.05) is 17.9 Å². The van der Waals surface area contributed by atoms with E-state index in [0.29, 0.717) is 6.04 Å². The standard InChI is InChI=1S/C13H25N3S/c1-5-11(2)17-10-12(14-3)6-7-13-8-9-15-16(13)4/h8-9,11-12,14H,5-7,10H2,1-4H3. The molecule has 0 aliphatic heterocycles. The molecule has 1 rings (SSSR count).